The molecule has 0 saturated heterocycles. The fraction of sp³-hybridized carbons (Fsp3) is 0.0870. The Morgan fingerprint density at radius 2 is 1.62 bits per heavy atom. The van der Waals surface area contributed by atoms with E-state index < -0.39 is 16.7 Å². The number of nitrogens with one attached hydrogen (secondary N) is 2. The first kappa shape index (κ1) is 22.2. The first-order chi connectivity index (χ1) is 15.3. The lowest BCUT2D eigenvalue weighted by molar-refractivity contribution is -0.384. The van der Waals surface area contributed by atoms with E-state index in [0.717, 1.165) is 11.3 Å². The van der Waals surface area contributed by atoms with Gasteiger partial charge in [0.05, 0.1) is 11.1 Å². The van der Waals surface area contributed by atoms with Gasteiger partial charge in [0.2, 0.25) is 0 Å². The summed E-state index contributed by atoms with van der Waals surface area (Å²) in [5.41, 5.74) is 5.16. The molecule has 0 aliphatic carbocycles. The van der Waals surface area contributed by atoms with E-state index in [1.165, 1.54) is 24.3 Å². The molecule has 0 aliphatic rings. The molecule has 2 amide bonds. The predicted molar refractivity (Wildman–Crippen MR) is 123 cm³/mol. The van der Waals surface area contributed by atoms with Gasteiger partial charge in [0.25, 0.3) is 17.5 Å². The van der Waals surface area contributed by atoms with Gasteiger partial charge in [0.15, 0.2) is 0 Å². The van der Waals surface area contributed by atoms with Crippen LogP contribution < -0.4 is 15.6 Å². The van der Waals surface area contributed by atoms with Crippen LogP contribution in [0.15, 0.2) is 77.9 Å². The molecular formula is C23H21N5O4. The molecule has 9 heteroatoms. The summed E-state index contributed by atoms with van der Waals surface area (Å²) in [6, 6.07) is 19.3. The fourth-order valence-electron chi connectivity index (χ4n) is 2.76. The van der Waals surface area contributed by atoms with Crippen molar-refractivity contribution in [1.82, 2.24) is 5.43 Å². The Labute approximate surface area is 184 Å². The topological polar surface area (TPSA) is 117 Å². The van der Waals surface area contributed by atoms with Crippen LogP contribution in [0.4, 0.5) is 17.1 Å². The lowest BCUT2D eigenvalue weighted by Crippen LogP contribution is -2.18. The number of amides is 2. The van der Waals surface area contributed by atoms with E-state index in [0.29, 0.717) is 11.3 Å². The lowest BCUT2D eigenvalue weighted by Gasteiger charge is -2.11. The van der Waals surface area contributed by atoms with Crippen LogP contribution in [0.3, 0.4) is 0 Å². The molecule has 0 bridgehead atoms. The molecule has 9 nitrogen and oxygen atoms in total. The van der Waals surface area contributed by atoms with Crippen molar-refractivity contribution >= 4 is 35.1 Å². The minimum Gasteiger partial charge on any atom is -0.378 e. The van der Waals surface area contributed by atoms with Gasteiger partial charge in [-0.25, -0.2) is 5.43 Å². The maximum atomic E-state index is 12.3. The van der Waals surface area contributed by atoms with E-state index in [4.69, 9.17) is 0 Å². The number of hydrazone groups is 1. The molecule has 0 aromatic heterocycles. The number of nitrogens with zero attached hydrogens (tertiary/aromatic N) is 3. The van der Waals surface area contributed by atoms with Crippen LogP contribution in [0.5, 0.6) is 0 Å². The van der Waals surface area contributed by atoms with Crippen LogP contribution in [-0.2, 0) is 0 Å². The van der Waals surface area contributed by atoms with Crippen molar-refractivity contribution in [3.8, 4) is 0 Å². The molecule has 3 aromatic rings. The Kier molecular flexibility index (Phi) is 6.92. The van der Waals surface area contributed by atoms with Crippen LogP contribution in [0.2, 0.25) is 0 Å². The average molecular weight is 431 g/mol. The number of benzene rings is 3. The van der Waals surface area contributed by atoms with Crippen LogP contribution in [0.1, 0.15) is 26.3 Å². The summed E-state index contributed by atoms with van der Waals surface area (Å²) in [5, 5.41) is 17.5. The molecule has 0 aliphatic heterocycles. The summed E-state index contributed by atoms with van der Waals surface area (Å²) in [6.07, 6.45) is 1.55. The molecule has 3 aromatic carbocycles. The summed E-state index contributed by atoms with van der Waals surface area (Å²) in [4.78, 5) is 36.8. The predicted octanol–water partition coefficient (Wildman–Crippen LogP) is 3.68. The quantitative estimate of drug-likeness (QED) is 0.336. The smallest absolute Gasteiger partial charge is 0.271 e. The molecule has 0 radical (unpaired) electrons. The molecule has 32 heavy (non-hydrogen) atoms. The highest BCUT2D eigenvalue weighted by Gasteiger charge is 2.12. The van der Waals surface area contributed by atoms with E-state index in [1.807, 2.05) is 43.3 Å². The van der Waals surface area contributed by atoms with E-state index in [-0.39, 0.29) is 11.3 Å². The summed E-state index contributed by atoms with van der Waals surface area (Å²) in [5.74, 6) is -0.890. The maximum absolute atomic E-state index is 12.3. The number of hydrogen-bond donors (Lipinski definition) is 2. The molecule has 3 rings (SSSR count). The molecule has 162 valence electrons. The number of non-ortho nitro benzene ring substituents is 1. The SMILES string of the molecule is CN(C)c1ccc(/C=N/NC(=O)c2ccc(NC(=O)c3cccc([N+](=O)[O-])c3)cc2)cc1. The van der Waals surface area contributed by atoms with E-state index in [9.17, 15) is 19.7 Å². The first-order valence-electron chi connectivity index (χ1n) is 9.60. The van der Waals surface area contributed by atoms with Crippen LogP contribution >= 0.6 is 0 Å². The molecule has 0 heterocycles. The Balaban J connectivity index is 1.57. The highest BCUT2D eigenvalue weighted by Crippen LogP contribution is 2.16. The third-order valence-electron chi connectivity index (χ3n) is 4.51. The number of anilines is 2. The highest BCUT2D eigenvalue weighted by atomic mass is 16.6. The van der Waals surface area contributed by atoms with Crippen molar-refractivity contribution < 1.29 is 14.5 Å². The van der Waals surface area contributed by atoms with Gasteiger partial charge in [-0.15, -0.1) is 0 Å². The number of nitro groups is 1. The second-order valence-electron chi connectivity index (χ2n) is 7.02. The van der Waals surface area contributed by atoms with Gasteiger partial charge in [-0.3, -0.25) is 19.7 Å². The Morgan fingerprint density at radius 3 is 2.25 bits per heavy atom. The molecule has 0 atom stereocenters. The van der Waals surface area contributed by atoms with Crippen molar-refractivity contribution in [2.75, 3.05) is 24.3 Å². The highest BCUT2D eigenvalue weighted by molar-refractivity contribution is 6.05. The number of nitro benzene ring substituents is 1. The molecule has 0 unspecified atom stereocenters. The van der Waals surface area contributed by atoms with Crippen LogP contribution in [-0.4, -0.2) is 37.0 Å². The number of carbonyl (C=O) groups is 2. The van der Waals surface area contributed by atoms with Gasteiger partial charge in [0, 0.05) is 48.7 Å². The molecular weight excluding hydrogens is 410 g/mol. The summed E-state index contributed by atoms with van der Waals surface area (Å²) in [6.45, 7) is 0. The van der Waals surface area contributed by atoms with Crippen molar-refractivity contribution in [1.29, 1.82) is 0 Å². The molecule has 0 spiro atoms. The zero-order valence-corrected chi connectivity index (χ0v) is 17.5. The monoisotopic (exact) mass is 431 g/mol. The van der Waals surface area contributed by atoms with Crippen molar-refractivity contribution in [2.24, 2.45) is 5.10 Å². The van der Waals surface area contributed by atoms with E-state index in [2.05, 4.69) is 15.8 Å². The molecule has 0 saturated carbocycles. The summed E-state index contributed by atoms with van der Waals surface area (Å²) in [7, 11) is 3.90. The van der Waals surface area contributed by atoms with Gasteiger partial charge in [-0.2, -0.15) is 5.10 Å². The zero-order valence-electron chi connectivity index (χ0n) is 17.5. The van der Waals surface area contributed by atoms with Crippen molar-refractivity contribution in [3.63, 3.8) is 0 Å². The Hall–Kier alpha value is -4.53. The average Bonchev–Trinajstić information content (AvgIpc) is 2.80. The largest absolute Gasteiger partial charge is 0.378 e. The molecule has 2 N–H and O–H groups in total. The maximum Gasteiger partial charge on any atom is 0.271 e. The number of rotatable bonds is 7. The van der Waals surface area contributed by atoms with Gasteiger partial charge in [-0.1, -0.05) is 18.2 Å². The van der Waals surface area contributed by atoms with Gasteiger partial charge in [-0.05, 0) is 48.0 Å². The Morgan fingerprint density at radius 1 is 0.938 bits per heavy atom. The standard InChI is InChI=1S/C23H21N5O4/c1-27(2)20-12-6-16(7-13-20)15-24-26-23(30)17-8-10-19(11-9-17)25-22(29)18-4-3-5-21(14-18)28(31)32/h3-15H,1-2H3,(H,25,29)(H,26,30)/b24-15+. The Bertz CT molecular complexity index is 1160. The minimum absolute atomic E-state index is 0.161. The second-order valence-corrected chi connectivity index (χ2v) is 7.02. The van der Waals surface area contributed by atoms with Crippen LogP contribution in [0, 0.1) is 10.1 Å². The minimum atomic E-state index is -0.564. The number of carbonyl (C=O) groups excluding carboxylic acids is 2. The third-order valence-corrected chi connectivity index (χ3v) is 4.51. The molecule has 0 fully saturated rings. The lowest BCUT2D eigenvalue weighted by atomic mass is 10.1. The van der Waals surface area contributed by atoms with Crippen molar-refractivity contribution in [2.45, 2.75) is 0 Å². The summed E-state index contributed by atoms with van der Waals surface area (Å²) < 4.78 is 0. The third kappa shape index (κ3) is 5.76. The van der Waals surface area contributed by atoms with Gasteiger partial charge >= 0.3 is 0 Å². The summed E-state index contributed by atoms with van der Waals surface area (Å²) >= 11 is 0. The van der Waals surface area contributed by atoms with Gasteiger partial charge in [0.1, 0.15) is 0 Å². The van der Waals surface area contributed by atoms with Crippen LogP contribution in [0.25, 0.3) is 0 Å². The first-order valence-corrected chi connectivity index (χ1v) is 9.60. The van der Waals surface area contributed by atoms with Gasteiger partial charge < -0.3 is 10.2 Å². The van der Waals surface area contributed by atoms with E-state index >= 15 is 0 Å². The fourth-order valence-corrected chi connectivity index (χ4v) is 2.76. The second kappa shape index (κ2) is 9.98. The normalized spacial score (nSPS) is 10.6. The number of hydrogen-bond acceptors (Lipinski definition) is 6. The zero-order chi connectivity index (χ0) is 23.1. The van der Waals surface area contributed by atoms with Crippen molar-refractivity contribution in [3.05, 3.63) is 99.6 Å². The van der Waals surface area contributed by atoms with E-state index in [1.54, 1.807) is 30.5 Å².